The van der Waals surface area contributed by atoms with Gasteiger partial charge in [-0.15, -0.1) is 6.42 Å². The molecule has 52 valence electrons. The molecule has 0 aromatic carbocycles. The Hall–Kier alpha value is -0.530. The largest absolute Gasteiger partial charge is 0.395 e. The maximum atomic E-state index is 10.5. The molecule has 0 atom stereocenters. The van der Waals surface area contributed by atoms with Gasteiger partial charge in [-0.25, -0.2) is 8.42 Å². The SMILES string of the molecule is C#CCS(=O)(=O)CCO. The van der Waals surface area contributed by atoms with E-state index in [0.717, 1.165) is 0 Å². The van der Waals surface area contributed by atoms with Crippen LogP contribution in [0.15, 0.2) is 0 Å². The second kappa shape index (κ2) is 3.49. The Morgan fingerprint density at radius 3 is 2.44 bits per heavy atom. The standard InChI is InChI=1S/C5H8O3S/c1-2-4-9(7,8)5-3-6/h1,6H,3-5H2. The molecule has 0 aromatic rings. The highest BCUT2D eigenvalue weighted by Gasteiger charge is 2.05. The summed E-state index contributed by atoms with van der Waals surface area (Å²) in [5.41, 5.74) is 0. The van der Waals surface area contributed by atoms with Crippen molar-refractivity contribution in [3.8, 4) is 12.3 Å². The fourth-order valence-electron chi connectivity index (χ4n) is 0.338. The molecular weight excluding hydrogens is 140 g/mol. The maximum Gasteiger partial charge on any atom is 0.163 e. The van der Waals surface area contributed by atoms with Gasteiger partial charge in [0.15, 0.2) is 9.84 Å². The topological polar surface area (TPSA) is 54.4 Å². The molecule has 0 aromatic heterocycles. The van der Waals surface area contributed by atoms with Gasteiger partial charge >= 0.3 is 0 Å². The van der Waals surface area contributed by atoms with Crippen LogP contribution in [-0.4, -0.2) is 31.6 Å². The van der Waals surface area contributed by atoms with Crippen molar-refractivity contribution in [3.05, 3.63) is 0 Å². The van der Waals surface area contributed by atoms with Crippen molar-refractivity contribution >= 4 is 9.84 Å². The fraction of sp³-hybridized carbons (Fsp3) is 0.600. The van der Waals surface area contributed by atoms with E-state index in [1.165, 1.54) is 0 Å². The van der Waals surface area contributed by atoms with E-state index in [2.05, 4.69) is 0 Å². The summed E-state index contributed by atoms with van der Waals surface area (Å²) in [7, 11) is -3.17. The van der Waals surface area contributed by atoms with Crippen LogP contribution in [0.25, 0.3) is 0 Å². The predicted molar refractivity (Wildman–Crippen MR) is 34.6 cm³/mol. The number of aliphatic hydroxyl groups excluding tert-OH is 1. The summed E-state index contributed by atoms with van der Waals surface area (Å²) in [4.78, 5) is 0. The summed E-state index contributed by atoms with van der Waals surface area (Å²) in [6.45, 7) is -0.357. The van der Waals surface area contributed by atoms with Gasteiger partial charge < -0.3 is 5.11 Å². The Bertz CT molecular complexity index is 197. The van der Waals surface area contributed by atoms with E-state index >= 15 is 0 Å². The molecule has 0 saturated heterocycles. The number of terminal acetylenes is 1. The maximum absolute atomic E-state index is 10.5. The molecule has 0 bridgehead atoms. The molecule has 3 nitrogen and oxygen atoms in total. The van der Waals surface area contributed by atoms with Gasteiger partial charge in [0, 0.05) is 0 Å². The lowest BCUT2D eigenvalue weighted by molar-refractivity contribution is 0.319. The van der Waals surface area contributed by atoms with Gasteiger partial charge in [0.2, 0.25) is 0 Å². The molecule has 9 heavy (non-hydrogen) atoms. The summed E-state index contributed by atoms with van der Waals surface area (Å²) in [5, 5.41) is 8.18. The van der Waals surface area contributed by atoms with Gasteiger partial charge in [0.1, 0.15) is 5.75 Å². The monoisotopic (exact) mass is 148 g/mol. The van der Waals surface area contributed by atoms with E-state index in [0.29, 0.717) is 0 Å². The zero-order valence-corrected chi connectivity index (χ0v) is 5.69. The average Bonchev–Trinajstić information content (AvgIpc) is 1.64. The lowest BCUT2D eigenvalue weighted by Gasteiger charge is -1.92. The number of aliphatic hydroxyl groups is 1. The molecule has 0 aliphatic heterocycles. The van der Waals surface area contributed by atoms with Crippen molar-refractivity contribution in [2.24, 2.45) is 0 Å². The third kappa shape index (κ3) is 4.01. The number of hydrogen-bond acceptors (Lipinski definition) is 3. The molecule has 0 rings (SSSR count). The van der Waals surface area contributed by atoms with Crippen LogP contribution in [-0.2, 0) is 9.84 Å². The van der Waals surface area contributed by atoms with Gasteiger partial charge in [-0.05, 0) is 0 Å². The van der Waals surface area contributed by atoms with Crippen molar-refractivity contribution in [3.63, 3.8) is 0 Å². The summed E-state index contributed by atoms with van der Waals surface area (Å²) in [5.74, 6) is 1.47. The lowest BCUT2D eigenvalue weighted by Crippen LogP contribution is -2.12. The quantitative estimate of drug-likeness (QED) is 0.524. The second-order valence-electron chi connectivity index (χ2n) is 1.52. The number of sulfone groups is 1. The van der Waals surface area contributed by atoms with E-state index in [9.17, 15) is 8.42 Å². The Morgan fingerprint density at radius 2 is 2.11 bits per heavy atom. The minimum absolute atomic E-state index is 0.239. The summed E-state index contributed by atoms with van der Waals surface area (Å²) in [6.07, 6.45) is 4.73. The summed E-state index contributed by atoms with van der Waals surface area (Å²) >= 11 is 0. The van der Waals surface area contributed by atoms with Gasteiger partial charge in [-0.2, -0.15) is 0 Å². The van der Waals surface area contributed by atoms with Crippen LogP contribution >= 0.6 is 0 Å². The second-order valence-corrected chi connectivity index (χ2v) is 3.70. The predicted octanol–water partition coefficient (Wildman–Crippen LogP) is -0.973. The van der Waals surface area contributed by atoms with Gasteiger partial charge in [0.25, 0.3) is 0 Å². The molecule has 0 aliphatic carbocycles. The van der Waals surface area contributed by atoms with Crippen molar-refractivity contribution in [1.29, 1.82) is 0 Å². The van der Waals surface area contributed by atoms with E-state index in [1.807, 2.05) is 5.92 Å². The van der Waals surface area contributed by atoms with Crippen molar-refractivity contribution in [1.82, 2.24) is 0 Å². The zero-order valence-electron chi connectivity index (χ0n) is 4.87. The first-order valence-electron chi connectivity index (χ1n) is 2.37. The molecular formula is C5H8O3S. The van der Waals surface area contributed by atoms with E-state index in [1.54, 1.807) is 0 Å². The molecule has 0 spiro atoms. The summed E-state index contributed by atoms with van der Waals surface area (Å²) < 4.78 is 21.1. The van der Waals surface area contributed by atoms with E-state index in [4.69, 9.17) is 11.5 Å². The first-order chi connectivity index (χ1) is 4.12. The molecule has 0 fully saturated rings. The van der Waals surface area contributed by atoms with Crippen LogP contribution in [0.2, 0.25) is 0 Å². The molecule has 4 heteroatoms. The first kappa shape index (κ1) is 8.47. The van der Waals surface area contributed by atoms with Crippen LogP contribution < -0.4 is 0 Å². The molecule has 0 heterocycles. The Balaban J connectivity index is 3.93. The highest BCUT2D eigenvalue weighted by Crippen LogP contribution is 1.85. The minimum atomic E-state index is -3.17. The molecule has 1 N–H and O–H groups in total. The zero-order chi connectivity index (χ0) is 7.33. The van der Waals surface area contributed by atoms with Gasteiger partial charge in [-0.1, -0.05) is 5.92 Å². The highest BCUT2D eigenvalue weighted by molar-refractivity contribution is 7.91. The van der Waals surface area contributed by atoms with Crippen LogP contribution in [0.4, 0.5) is 0 Å². The summed E-state index contributed by atoms with van der Waals surface area (Å²) in [6, 6.07) is 0. The normalized spacial score (nSPS) is 10.7. The first-order valence-corrected chi connectivity index (χ1v) is 4.19. The molecule has 0 radical (unpaired) electrons. The smallest absolute Gasteiger partial charge is 0.163 e. The van der Waals surface area contributed by atoms with Crippen molar-refractivity contribution in [2.45, 2.75) is 0 Å². The van der Waals surface area contributed by atoms with Crippen LogP contribution in [0.5, 0.6) is 0 Å². The minimum Gasteiger partial charge on any atom is -0.395 e. The van der Waals surface area contributed by atoms with Crippen LogP contribution in [0, 0.1) is 12.3 Å². The third-order valence-corrected chi connectivity index (χ3v) is 2.12. The Labute approximate surface area is 54.6 Å². The number of hydrogen-bond donors (Lipinski definition) is 1. The molecule has 0 unspecified atom stereocenters. The van der Waals surface area contributed by atoms with Crippen LogP contribution in [0.3, 0.4) is 0 Å². The Kier molecular flexibility index (Phi) is 3.28. The molecule has 0 saturated carbocycles. The van der Waals surface area contributed by atoms with Crippen LogP contribution in [0.1, 0.15) is 0 Å². The van der Waals surface area contributed by atoms with Gasteiger partial charge in [-0.3, -0.25) is 0 Å². The Morgan fingerprint density at radius 1 is 1.56 bits per heavy atom. The average molecular weight is 148 g/mol. The van der Waals surface area contributed by atoms with Gasteiger partial charge in [0.05, 0.1) is 12.4 Å². The number of rotatable bonds is 3. The molecule has 0 amide bonds. The van der Waals surface area contributed by atoms with Crippen molar-refractivity contribution in [2.75, 3.05) is 18.1 Å². The van der Waals surface area contributed by atoms with E-state index < -0.39 is 9.84 Å². The molecule has 0 aliphatic rings. The van der Waals surface area contributed by atoms with E-state index in [-0.39, 0.29) is 18.1 Å². The highest BCUT2D eigenvalue weighted by atomic mass is 32.2. The third-order valence-electron chi connectivity index (χ3n) is 0.706. The van der Waals surface area contributed by atoms with Crippen molar-refractivity contribution < 1.29 is 13.5 Å². The fourth-order valence-corrected chi connectivity index (χ4v) is 1.01. The lowest BCUT2D eigenvalue weighted by atomic mass is 10.8.